The van der Waals surface area contributed by atoms with E-state index < -0.39 is 5.97 Å². The second-order valence-electron chi connectivity index (χ2n) is 4.12. The van der Waals surface area contributed by atoms with Crippen LogP contribution in [0.15, 0.2) is 28.7 Å². The van der Waals surface area contributed by atoms with Crippen molar-refractivity contribution in [2.24, 2.45) is 0 Å². The van der Waals surface area contributed by atoms with Crippen LogP contribution in [0.2, 0.25) is 0 Å². The Hall–Kier alpha value is -1.82. The Bertz CT molecular complexity index is 526. The largest absolute Gasteiger partial charge is 0.496 e. The fourth-order valence-electron chi connectivity index (χ4n) is 1.30. The number of methoxy groups -OCH3 is 1. The molecule has 0 bridgehead atoms. The summed E-state index contributed by atoms with van der Waals surface area (Å²) in [5.41, 5.74) is 0.734. The van der Waals surface area contributed by atoms with Gasteiger partial charge in [-0.2, -0.15) is 0 Å². The molecule has 0 heterocycles. The number of carbonyl (C=O) groups is 2. The first kappa shape index (κ1) is 16.2. The maximum Gasteiger partial charge on any atom is 0.331 e. The summed E-state index contributed by atoms with van der Waals surface area (Å²) in [5, 5.41) is 0. The topological polar surface area (TPSA) is 55.8 Å². The second kappa shape index (κ2) is 7.69. The highest BCUT2D eigenvalue weighted by Crippen LogP contribution is 2.24. The van der Waals surface area contributed by atoms with Gasteiger partial charge in [0, 0.05) is 30.2 Å². The molecule has 0 unspecified atom stereocenters. The van der Waals surface area contributed by atoms with Gasteiger partial charge >= 0.3 is 5.97 Å². The van der Waals surface area contributed by atoms with E-state index in [1.54, 1.807) is 33.3 Å². The van der Waals surface area contributed by atoms with Crippen LogP contribution in [0.5, 0.6) is 5.75 Å². The van der Waals surface area contributed by atoms with Gasteiger partial charge in [0.05, 0.1) is 7.11 Å². The number of nitrogens with zero attached hydrogens (tertiary/aromatic N) is 1. The molecule has 0 saturated heterocycles. The van der Waals surface area contributed by atoms with Crippen LogP contribution < -0.4 is 4.74 Å². The molecule has 0 spiro atoms. The number of rotatable bonds is 5. The van der Waals surface area contributed by atoms with Gasteiger partial charge in [0.1, 0.15) is 5.75 Å². The molecule has 1 rings (SSSR count). The predicted octanol–water partition coefficient (Wildman–Crippen LogP) is 2.10. The number of likely N-dealkylation sites (N-methyl/N-ethyl adjacent to an activating group) is 1. The fraction of sp³-hybridized carbons (Fsp3) is 0.286. The Balaban J connectivity index is 2.66. The number of amides is 1. The molecule has 0 radical (unpaired) electrons. The monoisotopic (exact) mass is 341 g/mol. The van der Waals surface area contributed by atoms with Gasteiger partial charge < -0.3 is 14.4 Å². The maximum absolute atomic E-state index is 11.5. The number of halogens is 1. The summed E-state index contributed by atoms with van der Waals surface area (Å²) in [4.78, 5) is 24.1. The molecule has 1 aromatic carbocycles. The van der Waals surface area contributed by atoms with Gasteiger partial charge in [-0.3, -0.25) is 4.79 Å². The van der Waals surface area contributed by atoms with Crippen molar-refractivity contribution in [1.82, 2.24) is 4.90 Å². The van der Waals surface area contributed by atoms with Crippen LogP contribution in [-0.2, 0) is 14.3 Å². The van der Waals surface area contributed by atoms with Crippen molar-refractivity contribution in [2.75, 3.05) is 27.8 Å². The Kier molecular flexibility index (Phi) is 6.24. The first-order valence-corrected chi connectivity index (χ1v) is 6.62. The van der Waals surface area contributed by atoms with Crippen LogP contribution in [0.3, 0.4) is 0 Å². The van der Waals surface area contributed by atoms with Gasteiger partial charge in [0.25, 0.3) is 5.91 Å². The van der Waals surface area contributed by atoms with Gasteiger partial charge in [-0.1, -0.05) is 15.9 Å². The van der Waals surface area contributed by atoms with Crippen LogP contribution in [-0.4, -0.2) is 44.6 Å². The van der Waals surface area contributed by atoms with E-state index in [4.69, 9.17) is 9.47 Å². The zero-order valence-electron chi connectivity index (χ0n) is 11.6. The molecule has 0 saturated carbocycles. The lowest BCUT2D eigenvalue weighted by molar-refractivity contribution is -0.146. The van der Waals surface area contributed by atoms with Crippen LogP contribution in [0, 0.1) is 0 Å². The lowest BCUT2D eigenvalue weighted by Gasteiger charge is -2.09. The minimum absolute atomic E-state index is 0.271. The fourth-order valence-corrected chi connectivity index (χ4v) is 1.68. The summed E-state index contributed by atoms with van der Waals surface area (Å²) < 4.78 is 10.9. The molecule has 5 nitrogen and oxygen atoms in total. The molecule has 108 valence electrons. The summed E-state index contributed by atoms with van der Waals surface area (Å²) in [6, 6.07) is 5.43. The highest BCUT2D eigenvalue weighted by atomic mass is 79.9. The molecule has 1 amide bonds. The summed E-state index contributed by atoms with van der Waals surface area (Å²) in [6.07, 6.45) is 2.83. The third-order valence-corrected chi connectivity index (χ3v) is 2.92. The highest BCUT2D eigenvalue weighted by Gasteiger charge is 2.07. The molecule has 0 aliphatic rings. The average Bonchev–Trinajstić information content (AvgIpc) is 2.42. The Morgan fingerprint density at radius 3 is 2.65 bits per heavy atom. The molecular formula is C14H16BrNO4. The molecule has 0 fully saturated rings. The van der Waals surface area contributed by atoms with E-state index >= 15 is 0 Å². The van der Waals surface area contributed by atoms with Crippen molar-refractivity contribution >= 4 is 33.9 Å². The SMILES string of the molecule is COc1ccc(Br)cc1/C=C/C(=O)OCC(=O)N(C)C. The molecule has 0 aliphatic carbocycles. The van der Waals surface area contributed by atoms with E-state index in [0.29, 0.717) is 5.75 Å². The molecule has 20 heavy (non-hydrogen) atoms. The van der Waals surface area contributed by atoms with E-state index in [0.717, 1.165) is 10.0 Å². The minimum Gasteiger partial charge on any atom is -0.496 e. The summed E-state index contributed by atoms with van der Waals surface area (Å²) in [5.74, 6) is -0.212. The Labute approximate surface area is 126 Å². The van der Waals surface area contributed by atoms with Crippen molar-refractivity contribution in [3.8, 4) is 5.75 Å². The van der Waals surface area contributed by atoms with Crippen molar-refractivity contribution in [2.45, 2.75) is 0 Å². The highest BCUT2D eigenvalue weighted by molar-refractivity contribution is 9.10. The summed E-state index contributed by atoms with van der Waals surface area (Å²) >= 11 is 3.34. The van der Waals surface area contributed by atoms with Gasteiger partial charge in [-0.15, -0.1) is 0 Å². The number of carbonyl (C=O) groups excluding carboxylic acids is 2. The summed E-state index contributed by atoms with van der Waals surface area (Å²) in [7, 11) is 4.74. The zero-order chi connectivity index (χ0) is 15.1. The Morgan fingerprint density at radius 2 is 2.05 bits per heavy atom. The molecule has 0 aromatic heterocycles. The maximum atomic E-state index is 11.5. The van der Waals surface area contributed by atoms with E-state index in [-0.39, 0.29) is 12.5 Å². The lowest BCUT2D eigenvalue weighted by atomic mass is 10.2. The zero-order valence-corrected chi connectivity index (χ0v) is 13.1. The third kappa shape index (κ3) is 5.05. The number of ether oxygens (including phenoxy) is 2. The lowest BCUT2D eigenvalue weighted by Crippen LogP contribution is -2.27. The normalized spacial score (nSPS) is 10.4. The van der Waals surface area contributed by atoms with Crippen LogP contribution in [0.25, 0.3) is 6.08 Å². The minimum atomic E-state index is -0.581. The number of esters is 1. The van der Waals surface area contributed by atoms with Gasteiger partial charge in [0.2, 0.25) is 0 Å². The van der Waals surface area contributed by atoms with Gasteiger partial charge in [-0.05, 0) is 24.3 Å². The quantitative estimate of drug-likeness (QED) is 0.608. The molecule has 6 heteroatoms. The second-order valence-corrected chi connectivity index (χ2v) is 5.03. The van der Waals surface area contributed by atoms with E-state index in [1.807, 2.05) is 12.1 Å². The van der Waals surface area contributed by atoms with Crippen LogP contribution in [0.4, 0.5) is 0 Å². The molecule has 0 N–H and O–H groups in total. The number of benzene rings is 1. The molecule has 0 atom stereocenters. The van der Waals surface area contributed by atoms with Crippen molar-refractivity contribution in [3.63, 3.8) is 0 Å². The summed E-state index contributed by atoms with van der Waals surface area (Å²) in [6.45, 7) is -0.272. The van der Waals surface area contributed by atoms with Crippen molar-refractivity contribution in [1.29, 1.82) is 0 Å². The first-order chi connectivity index (χ1) is 9.43. The van der Waals surface area contributed by atoms with Crippen LogP contribution >= 0.6 is 15.9 Å². The molecule has 1 aromatic rings. The number of hydrogen-bond donors (Lipinski definition) is 0. The smallest absolute Gasteiger partial charge is 0.331 e. The first-order valence-electron chi connectivity index (χ1n) is 5.82. The van der Waals surface area contributed by atoms with Crippen LogP contribution in [0.1, 0.15) is 5.56 Å². The van der Waals surface area contributed by atoms with Crippen molar-refractivity contribution < 1.29 is 19.1 Å². The number of hydrogen-bond acceptors (Lipinski definition) is 4. The standard InChI is InChI=1S/C14H16BrNO4/c1-16(2)13(17)9-20-14(18)7-4-10-8-11(15)5-6-12(10)19-3/h4-8H,9H2,1-3H3/b7-4+. The predicted molar refractivity (Wildman–Crippen MR) is 79.4 cm³/mol. The Morgan fingerprint density at radius 1 is 1.35 bits per heavy atom. The van der Waals surface area contributed by atoms with E-state index in [9.17, 15) is 9.59 Å². The van der Waals surface area contributed by atoms with Gasteiger partial charge in [0.15, 0.2) is 6.61 Å². The average molecular weight is 342 g/mol. The molecular weight excluding hydrogens is 326 g/mol. The van der Waals surface area contributed by atoms with Gasteiger partial charge in [-0.25, -0.2) is 4.79 Å². The molecule has 0 aliphatic heterocycles. The van der Waals surface area contributed by atoms with Crippen molar-refractivity contribution in [3.05, 3.63) is 34.3 Å². The third-order valence-electron chi connectivity index (χ3n) is 2.43. The van der Waals surface area contributed by atoms with E-state index in [1.165, 1.54) is 11.0 Å². The van der Waals surface area contributed by atoms with E-state index in [2.05, 4.69) is 15.9 Å².